The molecule has 160 valence electrons. The Morgan fingerprint density at radius 2 is 2.00 bits per heavy atom. The SMILES string of the molecule is CC(C)(C#Cc1cc([N+](=O)[O-])c(F)cc1NC[C@@H](O)CO)COCc1ccccc1. The molecule has 0 amide bonds. The van der Waals surface area contributed by atoms with Crippen molar-refractivity contribution >= 4 is 11.4 Å². The van der Waals surface area contributed by atoms with Crippen molar-refractivity contribution in [3.05, 3.63) is 69.5 Å². The number of hydrogen-bond donors (Lipinski definition) is 3. The smallest absolute Gasteiger partial charge is 0.306 e. The predicted molar refractivity (Wildman–Crippen MR) is 111 cm³/mol. The van der Waals surface area contributed by atoms with Crippen LogP contribution in [0.2, 0.25) is 0 Å². The standard InChI is InChI=1S/C22H25FN2O5/c1-22(2,15-30-14-16-6-4-3-5-7-16)9-8-17-10-21(25(28)29)19(23)11-20(17)24-12-18(27)13-26/h3-7,10-11,18,24,26-27H,12-15H2,1-2H3/t18-/m1/s1. The van der Waals surface area contributed by atoms with E-state index in [9.17, 15) is 19.6 Å². The minimum absolute atomic E-state index is 0.0635. The molecule has 0 spiro atoms. The molecule has 3 N–H and O–H groups in total. The molecule has 0 unspecified atom stereocenters. The van der Waals surface area contributed by atoms with Gasteiger partial charge in [0.05, 0.1) is 42.1 Å². The van der Waals surface area contributed by atoms with Gasteiger partial charge in [-0.2, -0.15) is 4.39 Å². The second kappa shape index (κ2) is 10.7. The monoisotopic (exact) mass is 416 g/mol. The molecule has 0 aliphatic carbocycles. The van der Waals surface area contributed by atoms with E-state index in [0.29, 0.717) is 13.2 Å². The number of nitrogens with one attached hydrogen (secondary N) is 1. The van der Waals surface area contributed by atoms with E-state index in [1.165, 1.54) is 0 Å². The van der Waals surface area contributed by atoms with E-state index in [-0.39, 0.29) is 17.8 Å². The van der Waals surface area contributed by atoms with Gasteiger partial charge in [-0.05, 0) is 19.4 Å². The van der Waals surface area contributed by atoms with E-state index in [4.69, 9.17) is 9.84 Å². The third-order valence-corrected chi connectivity index (χ3v) is 4.13. The van der Waals surface area contributed by atoms with E-state index in [1.807, 2.05) is 44.2 Å². The van der Waals surface area contributed by atoms with E-state index in [2.05, 4.69) is 17.2 Å². The molecule has 30 heavy (non-hydrogen) atoms. The summed E-state index contributed by atoms with van der Waals surface area (Å²) in [6.07, 6.45) is -1.06. The Balaban J connectivity index is 2.18. The normalized spacial score (nSPS) is 12.0. The fourth-order valence-corrected chi connectivity index (χ4v) is 2.51. The van der Waals surface area contributed by atoms with Crippen LogP contribution < -0.4 is 5.32 Å². The Kier molecular flexibility index (Phi) is 8.30. The number of hydrogen-bond acceptors (Lipinski definition) is 6. The lowest BCUT2D eigenvalue weighted by atomic mass is 9.95. The number of benzene rings is 2. The van der Waals surface area contributed by atoms with Crippen molar-refractivity contribution in [1.29, 1.82) is 0 Å². The second-order valence-corrected chi connectivity index (χ2v) is 7.44. The topological polar surface area (TPSA) is 105 Å². The number of nitro groups is 1. The maximum Gasteiger partial charge on any atom is 0.306 e. The number of nitro benzene ring substituents is 1. The summed E-state index contributed by atoms with van der Waals surface area (Å²) in [6.45, 7) is 3.95. The van der Waals surface area contributed by atoms with Gasteiger partial charge in [0.25, 0.3) is 0 Å². The van der Waals surface area contributed by atoms with Crippen LogP contribution in [0, 0.1) is 33.2 Å². The predicted octanol–water partition coefficient (Wildman–Crippen LogP) is 3.09. The first-order valence-corrected chi connectivity index (χ1v) is 9.37. The van der Waals surface area contributed by atoms with Crippen LogP contribution in [0.25, 0.3) is 0 Å². The number of ether oxygens (including phenoxy) is 1. The highest BCUT2D eigenvalue weighted by molar-refractivity contribution is 5.63. The number of anilines is 1. The Morgan fingerprint density at radius 1 is 1.30 bits per heavy atom. The number of halogens is 1. The first-order chi connectivity index (χ1) is 14.2. The van der Waals surface area contributed by atoms with Gasteiger partial charge in [0.2, 0.25) is 5.82 Å². The molecular formula is C22H25FN2O5. The molecule has 7 nitrogen and oxygen atoms in total. The van der Waals surface area contributed by atoms with Crippen molar-refractivity contribution in [3.8, 4) is 11.8 Å². The van der Waals surface area contributed by atoms with Gasteiger partial charge < -0.3 is 20.3 Å². The van der Waals surface area contributed by atoms with Crippen LogP contribution in [0.3, 0.4) is 0 Å². The molecule has 0 aliphatic rings. The number of aliphatic hydroxyl groups excluding tert-OH is 2. The van der Waals surface area contributed by atoms with Crippen LogP contribution in [0.1, 0.15) is 25.0 Å². The summed E-state index contributed by atoms with van der Waals surface area (Å²) >= 11 is 0. The first-order valence-electron chi connectivity index (χ1n) is 9.37. The van der Waals surface area contributed by atoms with Crippen molar-refractivity contribution in [2.75, 3.05) is 25.1 Å². The molecule has 0 fully saturated rings. The number of aliphatic hydroxyl groups is 2. The van der Waals surface area contributed by atoms with E-state index >= 15 is 0 Å². The molecule has 0 aliphatic heterocycles. The maximum atomic E-state index is 14.0. The third-order valence-electron chi connectivity index (χ3n) is 4.13. The van der Waals surface area contributed by atoms with Crippen molar-refractivity contribution in [1.82, 2.24) is 0 Å². The fraction of sp³-hybridized carbons (Fsp3) is 0.364. The van der Waals surface area contributed by atoms with E-state index in [1.54, 1.807) is 0 Å². The summed E-state index contributed by atoms with van der Waals surface area (Å²) < 4.78 is 19.8. The molecule has 0 heterocycles. The molecule has 0 bridgehead atoms. The lowest BCUT2D eigenvalue weighted by Crippen LogP contribution is -2.23. The average Bonchev–Trinajstić information content (AvgIpc) is 2.71. The third kappa shape index (κ3) is 7.12. The van der Waals surface area contributed by atoms with Gasteiger partial charge in [-0.1, -0.05) is 42.2 Å². The lowest BCUT2D eigenvalue weighted by molar-refractivity contribution is -0.387. The van der Waals surface area contributed by atoms with Gasteiger partial charge in [0, 0.05) is 24.1 Å². The molecule has 0 saturated carbocycles. The van der Waals surface area contributed by atoms with Crippen LogP contribution in [-0.4, -0.2) is 41.0 Å². The molecule has 2 aromatic rings. The van der Waals surface area contributed by atoms with Gasteiger partial charge in [-0.25, -0.2) is 0 Å². The molecule has 0 saturated heterocycles. The summed E-state index contributed by atoms with van der Waals surface area (Å²) in [5.41, 5.74) is 0.179. The highest BCUT2D eigenvalue weighted by Crippen LogP contribution is 2.26. The lowest BCUT2D eigenvalue weighted by Gasteiger charge is -2.18. The summed E-state index contributed by atoms with van der Waals surface area (Å²) in [5, 5.41) is 32.3. The average molecular weight is 416 g/mol. The van der Waals surface area contributed by atoms with Crippen LogP contribution in [-0.2, 0) is 11.3 Å². The molecular weight excluding hydrogens is 391 g/mol. The Bertz CT molecular complexity index is 922. The molecule has 1 atom stereocenters. The molecule has 0 aromatic heterocycles. The number of rotatable bonds is 9. The molecule has 8 heteroatoms. The minimum atomic E-state index is -1.06. The Hall–Kier alpha value is -2.99. The van der Waals surface area contributed by atoms with Crippen LogP contribution >= 0.6 is 0 Å². The Morgan fingerprint density at radius 3 is 2.63 bits per heavy atom. The van der Waals surface area contributed by atoms with Crippen molar-refractivity contribution in [2.24, 2.45) is 5.41 Å². The molecule has 2 aromatic carbocycles. The van der Waals surface area contributed by atoms with Gasteiger partial charge in [-0.15, -0.1) is 0 Å². The number of nitrogens with zero attached hydrogens (tertiary/aromatic N) is 1. The first kappa shape index (κ1) is 23.3. The van der Waals surface area contributed by atoms with Crippen molar-refractivity contribution < 1.29 is 24.3 Å². The second-order valence-electron chi connectivity index (χ2n) is 7.44. The van der Waals surface area contributed by atoms with Gasteiger partial charge in [0.1, 0.15) is 0 Å². The van der Waals surface area contributed by atoms with E-state index < -0.39 is 34.6 Å². The highest BCUT2D eigenvalue weighted by atomic mass is 19.1. The van der Waals surface area contributed by atoms with Crippen LogP contribution in [0.5, 0.6) is 0 Å². The van der Waals surface area contributed by atoms with Gasteiger partial charge >= 0.3 is 5.69 Å². The fourth-order valence-electron chi connectivity index (χ4n) is 2.51. The van der Waals surface area contributed by atoms with Gasteiger partial charge in [0.15, 0.2) is 0 Å². The largest absolute Gasteiger partial charge is 0.394 e. The summed E-state index contributed by atoms with van der Waals surface area (Å²) in [6, 6.07) is 11.7. The maximum absolute atomic E-state index is 14.0. The van der Waals surface area contributed by atoms with Crippen molar-refractivity contribution in [3.63, 3.8) is 0 Å². The molecule has 2 rings (SSSR count). The highest BCUT2D eigenvalue weighted by Gasteiger charge is 2.19. The quantitative estimate of drug-likeness (QED) is 0.330. The summed E-state index contributed by atoms with van der Waals surface area (Å²) in [5.74, 6) is 4.86. The summed E-state index contributed by atoms with van der Waals surface area (Å²) in [7, 11) is 0. The van der Waals surface area contributed by atoms with Crippen LogP contribution in [0.15, 0.2) is 42.5 Å². The van der Waals surface area contributed by atoms with Crippen molar-refractivity contribution in [2.45, 2.75) is 26.6 Å². The van der Waals surface area contributed by atoms with E-state index in [0.717, 1.165) is 17.7 Å². The minimum Gasteiger partial charge on any atom is -0.394 e. The molecule has 0 radical (unpaired) electrons. The van der Waals surface area contributed by atoms with Crippen LogP contribution in [0.4, 0.5) is 15.8 Å². The summed E-state index contributed by atoms with van der Waals surface area (Å²) in [4.78, 5) is 10.3. The Labute approximate surface area is 174 Å². The zero-order valence-corrected chi connectivity index (χ0v) is 16.9. The zero-order chi connectivity index (χ0) is 22.1. The van der Waals surface area contributed by atoms with Gasteiger partial charge in [-0.3, -0.25) is 10.1 Å². The zero-order valence-electron chi connectivity index (χ0n) is 16.9.